The predicted molar refractivity (Wildman–Crippen MR) is 126 cm³/mol. The van der Waals surface area contributed by atoms with Gasteiger partial charge in [0, 0.05) is 6.61 Å². The van der Waals surface area contributed by atoms with Gasteiger partial charge in [0.25, 0.3) is 6.08 Å². The Morgan fingerprint density at radius 1 is 0.710 bits per heavy atom. The second-order valence-corrected chi connectivity index (χ2v) is 11.1. The van der Waals surface area contributed by atoms with Crippen LogP contribution in [0.1, 0.15) is 122 Å². The van der Waals surface area contributed by atoms with E-state index in [1.54, 1.807) is 0 Å². The van der Waals surface area contributed by atoms with Crippen molar-refractivity contribution in [1.82, 2.24) is 0 Å². The summed E-state index contributed by atoms with van der Waals surface area (Å²) in [5.41, 5.74) is 0. The second kappa shape index (κ2) is 14.0. The SMILES string of the molecule is CCCC1CCC(CCCCC2CCC(C3CCC(CCC=C(F)F)CC3)CC2)OC1. The number of hydrogen-bond donors (Lipinski definition) is 0. The normalized spacial score (nSPS) is 34.4. The molecule has 0 aromatic carbocycles. The zero-order chi connectivity index (χ0) is 21.9. The fraction of sp³-hybridized carbons (Fsp3) is 0.929. The van der Waals surface area contributed by atoms with Crippen LogP contribution in [0.3, 0.4) is 0 Å². The molecule has 2 saturated carbocycles. The Balaban J connectivity index is 1.20. The van der Waals surface area contributed by atoms with Crippen molar-refractivity contribution in [2.75, 3.05) is 6.61 Å². The van der Waals surface area contributed by atoms with Gasteiger partial charge in [-0.3, -0.25) is 0 Å². The maximum Gasteiger partial charge on any atom is 0.266 e. The van der Waals surface area contributed by atoms with Crippen molar-refractivity contribution in [3.05, 3.63) is 12.2 Å². The van der Waals surface area contributed by atoms with Crippen LogP contribution in [0.4, 0.5) is 8.78 Å². The molecule has 1 nitrogen and oxygen atoms in total. The zero-order valence-electron chi connectivity index (χ0n) is 20.1. The third-order valence-corrected chi connectivity index (χ3v) is 8.87. The van der Waals surface area contributed by atoms with Gasteiger partial charge in [-0.2, -0.15) is 8.78 Å². The van der Waals surface area contributed by atoms with Gasteiger partial charge in [0.15, 0.2) is 0 Å². The molecule has 1 heterocycles. The highest BCUT2D eigenvalue weighted by Crippen LogP contribution is 2.43. The van der Waals surface area contributed by atoms with E-state index in [2.05, 4.69) is 6.92 Å². The average molecular weight is 439 g/mol. The number of allylic oxidation sites excluding steroid dienone is 1. The largest absolute Gasteiger partial charge is 0.378 e. The molecular formula is C28H48F2O. The molecule has 3 aliphatic rings. The number of unbranched alkanes of at least 4 members (excludes halogenated alkanes) is 1. The molecule has 1 aliphatic heterocycles. The van der Waals surface area contributed by atoms with Crippen LogP contribution in [-0.4, -0.2) is 12.7 Å². The van der Waals surface area contributed by atoms with Crippen LogP contribution in [0.2, 0.25) is 0 Å². The van der Waals surface area contributed by atoms with Crippen molar-refractivity contribution in [2.45, 2.75) is 129 Å². The van der Waals surface area contributed by atoms with Gasteiger partial charge in [-0.1, -0.05) is 58.3 Å². The molecule has 2 atom stereocenters. The van der Waals surface area contributed by atoms with Crippen LogP contribution in [-0.2, 0) is 4.74 Å². The summed E-state index contributed by atoms with van der Waals surface area (Å²) < 4.78 is 30.5. The summed E-state index contributed by atoms with van der Waals surface area (Å²) in [6.07, 6.45) is 23.5. The third kappa shape index (κ3) is 9.14. The van der Waals surface area contributed by atoms with E-state index in [0.717, 1.165) is 42.8 Å². The Labute approximate surface area is 190 Å². The lowest BCUT2D eigenvalue weighted by Gasteiger charge is -2.38. The molecule has 31 heavy (non-hydrogen) atoms. The number of ether oxygens (including phenoxy) is 1. The molecule has 0 amide bonds. The van der Waals surface area contributed by atoms with Crippen molar-refractivity contribution in [3.8, 4) is 0 Å². The first-order valence-electron chi connectivity index (χ1n) is 13.8. The lowest BCUT2D eigenvalue weighted by Crippen LogP contribution is -2.26. The van der Waals surface area contributed by atoms with Gasteiger partial charge < -0.3 is 4.74 Å². The van der Waals surface area contributed by atoms with E-state index in [4.69, 9.17) is 4.74 Å². The molecule has 3 fully saturated rings. The van der Waals surface area contributed by atoms with Crippen LogP contribution < -0.4 is 0 Å². The van der Waals surface area contributed by atoms with E-state index in [0.29, 0.717) is 18.4 Å². The molecule has 0 N–H and O–H groups in total. The average Bonchev–Trinajstić information content (AvgIpc) is 2.79. The van der Waals surface area contributed by atoms with Gasteiger partial charge in [-0.05, 0) is 99.9 Å². The van der Waals surface area contributed by atoms with Crippen molar-refractivity contribution >= 4 is 0 Å². The predicted octanol–water partition coefficient (Wildman–Crippen LogP) is 9.32. The van der Waals surface area contributed by atoms with Crippen LogP contribution in [0, 0.1) is 29.6 Å². The van der Waals surface area contributed by atoms with E-state index in [1.807, 2.05) is 0 Å². The molecule has 0 aromatic rings. The summed E-state index contributed by atoms with van der Waals surface area (Å²) in [6.45, 7) is 3.29. The lowest BCUT2D eigenvalue weighted by atomic mass is 9.68. The van der Waals surface area contributed by atoms with Crippen LogP contribution in [0.15, 0.2) is 12.2 Å². The molecule has 0 spiro atoms. The number of halogens is 2. The Hall–Kier alpha value is -0.440. The summed E-state index contributed by atoms with van der Waals surface area (Å²) in [5, 5.41) is 0. The first-order valence-corrected chi connectivity index (χ1v) is 13.8. The van der Waals surface area contributed by atoms with Crippen LogP contribution >= 0.6 is 0 Å². The van der Waals surface area contributed by atoms with Gasteiger partial charge in [0.1, 0.15) is 0 Å². The molecule has 0 radical (unpaired) electrons. The molecule has 1 saturated heterocycles. The van der Waals surface area contributed by atoms with Gasteiger partial charge in [0.05, 0.1) is 6.10 Å². The van der Waals surface area contributed by atoms with E-state index in [9.17, 15) is 8.78 Å². The highest BCUT2D eigenvalue weighted by molar-refractivity contribution is 4.85. The smallest absolute Gasteiger partial charge is 0.266 e. The fourth-order valence-electron chi connectivity index (χ4n) is 6.85. The Bertz CT molecular complexity index is 491. The monoisotopic (exact) mass is 438 g/mol. The van der Waals surface area contributed by atoms with Crippen molar-refractivity contribution in [1.29, 1.82) is 0 Å². The highest BCUT2D eigenvalue weighted by atomic mass is 19.3. The third-order valence-electron chi connectivity index (χ3n) is 8.87. The first-order chi connectivity index (χ1) is 15.1. The Morgan fingerprint density at radius 3 is 1.84 bits per heavy atom. The molecule has 0 bridgehead atoms. The molecular weight excluding hydrogens is 390 g/mol. The topological polar surface area (TPSA) is 9.23 Å². The summed E-state index contributed by atoms with van der Waals surface area (Å²) in [5.74, 6) is 4.36. The van der Waals surface area contributed by atoms with E-state index in [-0.39, 0.29) is 0 Å². The Kier molecular flexibility index (Phi) is 11.3. The molecule has 3 heteroatoms. The summed E-state index contributed by atoms with van der Waals surface area (Å²) in [6, 6.07) is 0. The van der Waals surface area contributed by atoms with Gasteiger partial charge in [-0.25, -0.2) is 0 Å². The van der Waals surface area contributed by atoms with Gasteiger partial charge >= 0.3 is 0 Å². The molecule has 180 valence electrons. The van der Waals surface area contributed by atoms with E-state index >= 15 is 0 Å². The van der Waals surface area contributed by atoms with Gasteiger partial charge in [0.2, 0.25) is 0 Å². The van der Waals surface area contributed by atoms with Crippen LogP contribution in [0.5, 0.6) is 0 Å². The zero-order valence-corrected chi connectivity index (χ0v) is 20.1. The van der Waals surface area contributed by atoms with Crippen LogP contribution in [0.25, 0.3) is 0 Å². The molecule has 3 rings (SSSR count). The summed E-state index contributed by atoms with van der Waals surface area (Å²) in [4.78, 5) is 0. The maximum atomic E-state index is 12.2. The Morgan fingerprint density at radius 2 is 1.29 bits per heavy atom. The highest BCUT2D eigenvalue weighted by Gasteiger charge is 2.30. The minimum atomic E-state index is -1.51. The van der Waals surface area contributed by atoms with E-state index < -0.39 is 6.08 Å². The van der Waals surface area contributed by atoms with Crippen molar-refractivity contribution in [2.24, 2.45) is 29.6 Å². The van der Waals surface area contributed by atoms with Crippen molar-refractivity contribution in [3.63, 3.8) is 0 Å². The second-order valence-electron chi connectivity index (χ2n) is 11.1. The standard InChI is InChI=1S/C28H48F2O/c1-2-6-24-15-20-27(31-21-24)9-4-3-7-22-11-16-25(17-12-22)26-18-13-23(14-19-26)8-5-10-28(29)30/h10,22-27H,2-9,11-21H2,1H3. The van der Waals surface area contributed by atoms with E-state index in [1.165, 1.54) is 103 Å². The minimum Gasteiger partial charge on any atom is -0.378 e. The maximum absolute atomic E-state index is 12.2. The molecule has 2 unspecified atom stereocenters. The quantitative estimate of drug-likeness (QED) is 0.292. The molecule has 2 aliphatic carbocycles. The fourth-order valence-corrected chi connectivity index (χ4v) is 6.85. The van der Waals surface area contributed by atoms with Gasteiger partial charge in [-0.15, -0.1) is 0 Å². The van der Waals surface area contributed by atoms with Crippen molar-refractivity contribution < 1.29 is 13.5 Å². The lowest BCUT2D eigenvalue weighted by molar-refractivity contribution is -0.0230. The summed E-state index contributed by atoms with van der Waals surface area (Å²) >= 11 is 0. The number of hydrogen-bond acceptors (Lipinski definition) is 1. The number of rotatable bonds is 11. The first kappa shape index (κ1) is 25.2. The summed E-state index contributed by atoms with van der Waals surface area (Å²) in [7, 11) is 0. The molecule has 0 aromatic heterocycles. The minimum absolute atomic E-state index is 0.547.